The van der Waals surface area contributed by atoms with E-state index >= 15 is 0 Å². The second-order valence-electron chi connectivity index (χ2n) is 4.44. The van der Waals surface area contributed by atoms with Crippen molar-refractivity contribution in [1.29, 1.82) is 5.26 Å². The summed E-state index contributed by atoms with van der Waals surface area (Å²) in [6.45, 7) is 4.41. The molecule has 1 aliphatic carbocycles. The van der Waals surface area contributed by atoms with Crippen molar-refractivity contribution in [3.8, 4) is 6.07 Å². The Balaban J connectivity index is 2.55. The highest BCUT2D eigenvalue weighted by atomic mass is 16.2. The van der Waals surface area contributed by atoms with Gasteiger partial charge in [0.1, 0.15) is 0 Å². The molecule has 15 heavy (non-hydrogen) atoms. The number of rotatable bonds is 5. The topological polar surface area (TPSA) is 70.1 Å². The maximum absolute atomic E-state index is 12.0. The van der Waals surface area contributed by atoms with Crippen LogP contribution in [0.4, 0.5) is 0 Å². The fraction of sp³-hybridized carbons (Fsp3) is 0.818. The zero-order valence-corrected chi connectivity index (χ0v) is 9.44. The third-order valence-electron chi connectivity index (χ3n) is 2.74. The highest BCUT2D eigenvalue weighted by Crippen LogP contribution is 2.27. The van der Waals surface area contributed by atoms with E-state index in [0.29, 0.717) is 19.0 Å². The lowest BCUT2D eigenvalue weighted by Gasteiger charge is -2.26. The van der Waals surface area contributed by atoms with E-state index in [1.807, 2.05) is 13.8 Å². The van der Waals surface area contributed by atoms with Gasteiger partial charge in [0, 0.05) is 12.6 Å². The molecule has 1 amide bonds. The number of carbonyl (C=O) groups excluding carboxylic acids is 1. The Morgan fingerprint density at radius 1 is 1.60 bits per heavy atom. The molecule has 1 rings (SSSR count). The molecule has 0 spiro atoms. The van der Waals surface area contributed by atoms with Crippen molar-refractivity contribution in [1.82, 2.24) is 4.90 Å². The van der Waals surface area contributed by atoms with Crippen LogP contribution in [0.3, 0.4) is 0 Å². The van der Waals surface area contributed by atoms with Crippen LogP contribution in [0.2, 0.25) is 0 Å². The maximum atomic E-state index is 12.0. The van der Waals surface area contributed by atoms with Crippen molar-refractivity contribution in [2.75, 3.05) is 6.54 Å². The zero-order chi connectivity index (χ0) is 11.4. The van der Waals surface area contributed by atoms with E-state index in [0.717, 1.165) is 12.8 Å². The largest absolute Gasteiger partial charge is 0.337 e. The van der Waals surface area contributed by atoms with Crippen molar-refractivity contribution in [2.24, 2.45) is 11.7 Å². The molecule has 0 radical (unpaired) electrons. The molecule has 0 aromatic carbocycles. The van der Waals surface area contributed by atoms with Crippen LogP contribution in [0, 0.1) is 17.2 Å². The molecule has 0 aromatic heterocycles. The van der Waals surface area contributed by atoms with Gasteiger partial charge in [0.25, 0.3) is 0 Å². The van der Waals surface area contributed by atoms with Gasteiger partial charge in [-0.2, -0.15) is 5.26 Å². The third kappa shape index (κ3) is 3.21. The second kappa shape index (κ2) is 5.13. The first-order valence-corrected chi connectivity index (χ1v) is 5.51. The van der Waals surface area contributed by atoms with Crippen molar-refractivity contribution >= 4 is 5.91 Å². The van der Waals surface area contributed by atoms with Crippen LogP contribution in [0.15, 0.2) is 0 Å². The van der Waals surface area contributed by atoms with E-state index in [9.17, 15) is 4.79 Å². The first kappa shape index (κ1) is 12.0. The van der Waals surface area contributed by atoms with Gasteiger partial charge in [0.2, 0.25) is 5.91 Å². The van der Waals surface area contributed by atoms with E-state index in [1.165, 1.54) is 0 Å². The van der Waals surface area contributed by atoms with Crippen LogP contribution in [-0.4, -0.2) is 29.4 Å². The zero-order valence-electron chi connectivity index (χ0n) is 9.44. The summed E-state index contributed by atoms with van der Waals surface area (Å²) in [4.78, 5) is 13.7. The first-order valence-electron chi connectivity index (χ1n) is 5.51. The molecule has 4 nitrogen and oxygen atoms in total. The SMILES string of the molecule is CC(C)[C@H](N)C(=O)N(CCC#N)C1CC1. The Bertz CT molecular complexity index is 265. The molecular weight excluding hydrogens is 190 g/mol. The van der Waals surface area contributed by atoms with Gasteiger partial charge in [-0.1, -0.05) is 13.8 Å². The second-order valence-corrected chi connectivity index (χ2v) is 4.44. The van der Waals surface area contributed by atoms with Crippen LogP contribution in [0.5, 0.6) is 0 Å². The van der Waals surface area contributed by atoms with Crippen LogP contribution < -0.4 is 5.73 Å². The number of hydrogen-bond donors (Lipinski definition) is 1. The molecule has 1 aliphatic rings. The summed E-state index contributed by atoms with van der Waals surface area (Å²) in [6, 6.07) is 1.99. The molecular formula is C11H19N3O. The van der Waals surface area contributed by atoms with Gasteiger partial charge in [-0.15, -0.1) is 0 Å². The van der Waals surface area contributed by atoms with Gasteiger partial charge >= 0.3 is 0 Å². The predicted octanol–water partition coefficient (Wildman–Crippen LogP) is 0.874. The van der Waals surface area contributed by atoms with Crippen LogP contribution >= 0.6 is 0 Å². The molecule has 1 saturated carbocycles. The lowest BCUT2D eigenvalue weighted by Crippen LogP contribution is -2.47. The maximum Gasteiger partial charge on any atom is 0.240 e. The highest BCUT2D eigenvalue weighted by molar-refractivity contribution is 5.82. The number of amides is 1. The van der Waals surface area contributed by atoms with E-state index in [1.54, 1.807) is 4.90 Å². The Hall–Kier alpha value is -1.08. The predicted molar refractivity (Wildman–Crippen MR) is 57.8 cm³/mol. The molecule has 0 heterocycles. The lowest BCUT2D eigenvalue weighted by atomic mass is 10.0. The van der Waals surface area contributed by atoms with Crippen molar-refractivity contribution in [3.63, 3.8) is 0 Å². The molecule has 0 unspecified atom stereocenters. The Kier molecular flexibility index (Phi) is 4.10. The number of nitrogens with two attached hydrogens (primary N) is 1. The fourth-order valence-electron chi connectivity index (χ4n) is 1.51. The normalized spacial score (nSPS) is 17.3. The molecule has 0 aromatic rings. The number of nitrogens with zero attached hydrogens (tertiary/aromatic N) is 2. The minimum absolute atomic E-state index is 0.00255. The summed E-state index contributed by atoms with van der Waals surface area (Å²) in [5.74, 6) is 0.156. The van der Waals surface area contributed by atoms with Crippen molar-refractivity contribution in [3.05, 3.63) is 0 Å². The van der Waals surface area contributed by atoms with Gasteiger partial charge in [-0.05, 0) is 18.8 Å². The van der Waals surface area contributed by atoms with E-state index < -0.39 is 6.04 Å². The molecule has 1 fully saturated rings. The monoisotopic (exact) mass is 209 g/mol. The summed E-state index contributed by atoms with van der Waals surface area (Å²) >= 11 is 0. The standard InChI is InChI=1S/C11H19N3O/c1-8(2)10(13)11(15)14(7-3-6-12)9-4-5-9/h8-10H,3-5,7,13H2,1-2H3/t10-/m0/s1. The van der Waals surface area contributed by atoms with E-state index in [2.05, 4.69) is 6.07 Å². The van der Waals surface area contributed by atoms with Crippen molar-refractivity contribution < 1.29 is 4.79 Å². The van der Waals surface area contributed by atoms with Crippen LogP contribution in [-0.2, 0) is 4.79 Å². The molecule has 2 N–H and O–H groups in total. The van der Waals surface area contributed by atoms with Gasteiger partial charge < -0.3 is 10.6 Å². The van der Waals surface area contributed by atoms with Gasteiger partial charge in [-0.3, -0.25) is 4.79 Å². The highest BCUT2D eigenvalue weighted by Gasteiger charge is 2.34. The Morgan fingerprint density at radius 2 is 2.20 bits per heavy atom. The van der Waals surface area contributed by atoms with Gasteiger partial charge in [0.05, 0.1) is 18.5 Å². The average molecular weight is 209 g/mol. The summed E-state index contributed by atoms with van der Waals surface area (Å²) in [5.41, 5.74) is 5.82. The van der Waals surface area contributed by atoms with Crippen LogP contribution in [0.25, 0.3) is 0 Å². The molecule has 4 heteroatoms. The number of nitriles is 1. The van der Waals surface area contributed by atoms with Gasteiger partial charge in [-0.25, -0.2) is 0 Å². The van der Waals surface area contributed by atoms with E-state index in [4.69, 9.17) is 11.0 Å². The molecule has 0 bridgehead atoms. The smallest absolute Gasteiger partial charge is 0.240 e. The minimum atomic E-state index is -0.427. The summed E-state index contributed by atoms with van der Waals surface area (Å²) < 4.78 is 0. The molecule has 0 saturated heterocycles. The number of hydrogen-bond acceptors (Lipinski definition) is 3. The average Bonchev–Trinajstić information content (AvgIpc) is 3.00. The third-order valence-corrected chi connectivity index (χ3v) is 2.74. The van der Waals surface area contributed by atoms with Crippen molar-refractivity contribution in [2.45, 2.75) is 45.2 Å². The summed E-state index contributed by atoms with van der Waals surface area (Å²) in [5, 5.41) is 8.53. The first-order chi connectivity index (χ1) is 7.07. The number of carbonyl (C=O) groups is 1. The molecule has 1 atom stereocenters. The summed E-state index contributed by atoms with van der Waals surface area (Å²) in [6.07, 6.45) is 2.51. The minimum Gasteiger partial charge on any atom is -0.337 e. The lowest BCUT2D eigenvalue weighted by molar-refractivity contribution is -0.134. The molecule has 84 valence electrons. The van der Waals surface area contributed by atoms with E-state index in [-0.39, 0.29) is 11.8 Å². The fourth-order valence-corrected chi connectivity index (χ4v) is 1.51. The quantitative estimate of drug-likeness (QED) is 0.730. The van der Waals surface area contributed by atoms with Gasteiger partial charge in [0.15, 0.2) is 0 Å². The Labute approximate surface area is 91.0 Å². The Morgan fingerprint density at radius 3 is 2.60 bits per heavy atom. The summed E-state index contributed by atoms with van der Waals surface area (Å²) in [7, 11) is 0. The van der Waals surface area contributed by atoms with Crippen LogP contribution in [0.1, 0.15) is 33.1 Å². The molecule has 0 aliphatic heterocycles.